The summed E-state index contributed by atoms with van der Waals surface area (Å²) in [5.41, 5.74) is 0.286. The Kier molecular flexibility index (Phi) is 4.06. The van der Waals surface area contributed by atoms with Crippen molar-refractivity contribution in [2.45, 2.75) is 6.92 Å². The second-order valence-electron chi connectivity index (χ2n) is 3.01. The number of nitriles is 1. The molecule has 6 heteroatoms. The predicted molar refractivity (Wildman–Crippen MR) is 58.6 cm³/mol. The average molecular weight is 234 g/mol. The zero-order valence-electron chi connectivity index (χ0n) is 9.06. The molecule has 0 atom stereocenters. The molecule has 0 saturated heterocycles. The van der Waals surface area contributed by atoms with E-state index in [1.54, 1.807) is 13.0 Å². The minimum absolute atomic E-state index is 0.142. The van der Waals surface area contributed by atoms with Gasteiger partial charge in [-0.2, -0.15) is 5.26 Å². The molecule has 1 amide bonds. The number of nitrogens with one attached hydrogen (secondary N) is 1. The Morgan fingerprint density at radius 3 is 2.76 bits per heavy atom. The van der Waals surface area contributed by atoms with Gasteiger partial charge in [0.15, 0.2) is 0 Å². The van der Waals surface area contributed by atoms with Crippen molar-refractivity contribution in [3.8, 4) is 11.8 Å². The van der Waals surface area contributed by atoms with Crippen molar-refractivity contribution < 1.29 is 19.4 Å². The zero-order chi connectivity index (χ0) is 12.8. The molecule has 0 aliphatic heterocycles. The highest BCUT2D eigenvalue weighted by Crippen LogP contribution is 2.21. The number of carbonyl (C=O) groups excluding carboxylic acids is 1. The lowest BCUT2D eigenvalue weighted by atomic mass is 10.2. The van der Waals surface area contributed by atoms with E-state index in [2.05, 4.69) is 5.32 Å². The molecule has 6 nitrogen and oxygen atoms in total. The van der Waals surface area contributed by atoms with E-state index in [0.717, 1.165) is 0 Å². The number of carboxylic acid groups (broad SMARTS) is 1. The number of amides is 1. The SMILES string of the molecule is CCOc1ccc(NC(=O)C(=O)O)c(C#N)c1. The van der Waals surface area contributed by atoms with E-state index in [1.165, 1.54) is 12.1 Å². The highest BCUT2D eigenvalue weighted by atomic mass is 16.5. The van der Waals surface area contributed by atoms with Crippen molar-refractivity contribution in [2.24, 2.45) is 0 Å². The summed E-state index contributed by atoms with van der Waals surface area (Å²) in [6.07, 6.45) is 0. The van der Waals surface area contributed by atoms with E-state index in [9.17, 15) is 9.59 Å². The van der Waals surface area contributed by atoms with Crippen LogP contribution in [0.15, 0.2) is 18.2 Å². The van der Waals surface area contributed by atoms with Gasteiger partial charge in [-0.25, -0.2) is 4.79 Å². The van der Waals surface area contributed by atoms with Gasteiger partial charge in [-0.15, -0.1) is 0 Å². The van der Waals surface area contributed by atoms with E-state index in [-0.39, 0.29) is 11.3 Å². The van der Waals surface area contributed by atoms with Crippen molar-refractivity contribution in [3.05, 3.63) is 23.8 Å². The van der Waals surface area contributed by atoms with Crippen LogP contribution in [-0.4, -0.2) is 23.6 Å². The van der Waals surface area contributed by atoms with Crippen molar-refractivity contribution in [3.63, 3.8) is 0 Å². The summed E-state index contributed by atoms with van der Waals surface area (Å²) in [5, 5.41) is 19.4. The molecule has 0 heterocycles. The summed E-state index contributed by atoms with van der Waals surface area (Å²) < 4.78 is 5.18. The maximum Gasteiger partial charge on any atom is 0.394 e. The molecule has 1 aromatic carbocycles. The van der Waals surface area contributed by atoms with Gasteiger partial charge >= 0.3 is 11.9 Å². The fraction of sp³-hybridized carbons (Fsp3) is 0.182. The molecule has 88 valence electrons. The molecule has 2 N–H and O–H groups in total. The highest BCUT2D eigenvalue weighted by molar-refractivity contribution is 6.36. The third-order valence-electron chi connectivity index (χ3n) is 1.86. The Bertz CT molecular complexity index is 491. The van der Waals surface area contributed by atoms with Crippen LogP contribution in [0.25, 0.3) is 0 Å². The number of aliphatic carboxylic acids is 1. The first-order valence-corrected chi connectivity index (χ1v) is 4.79. The third-order valence-corrected chi connectivity index (χ3v) is 1.86. The molecule has 17 heavy (non-hydrogen) atoms. The molecule has 0 spiro atoms. The number of hydrogen-bond acceptors (Lipinski definition) is 4. The molecule has 0 unspecified atom stereocenters. The molecular weight excluding hydrogens is 224 g/mol. The number of carbonyl (C=O) groups is 2. The largest absolute Gasteiger partial charge is 0.494 e. The number of rotatable bonds is 3. The predicted octanol–water partition coefficient (Wildman–Crippen LogP) is 0.980. The Morgan fingerprint density at radius 2 is 2.24 bits per heavy atom. The monoisotopic (exact) mass is 234 g/mol. The molecule has 0 aliphatic carbocycles. The molecule has 1 rings (SSSR count). The maximum atomic E-state index is 10.9. The summed E-state index contributed by atoms with van der Waals surface area (Å²) in [7, 11) is 0. The van der Waals surface area contributed by atoms with Crippen LogP contribution in [0, 0.1) is 11.3 Å². The van der Waals surface area contributed by atoms with Crippen molar-refractivity contribution in [2.75, 3.05) is 11.9 Å². The number of nitrogens with zero attached hydrogens (tertiary/aromatic N) is 1. The molecule has 0 radical (unpaired) electrons. The van der Waals surface area contributed by atoms with E-state index in [0.29, 0.717) is 12.4 Å². The van der Waals surface area contributed by atoms with E-state index in [1.807, 2.05) is 6.07 Å². The second kappa shape index (κ2) is 5.51. The van der Waals surface area contributed by atoms with E-state index >= 15 is 0 Å². The molecule has 0 aliphatic rings. The van der Waals surface area contributed by atoms with Crippen LogP contribution >= 0.6 is 0 Å². The van der Waals surface area contributed by atoms with Gasteiger partial charge in [0.05, 0.1) is 17.9 Å². The molecular formula is C11H10N2O4. The summed E-state index contributed by atoms with van der Waals surface area (Å²) in [5.74, 6) is -2.31. The van der Waals surface area contributed by atoms with Gasteiger partial charge in [-0.3, -0.25) is 4.79 Å². The Morgan fingerprint density at radius 1 is 1.53 bits per heavy atom. The summed E-state index contributed by atoms with van der Waals surface area (Å²) >= 11 is 0. The lowest BCUT2D eigenvalue weighted by Crippen LogP contribution is -2.22. The Balaban J connectivity index is 2.97. The number of carboxylic acids is 1. The quantitative estimate of drug-likeness (QED) is 0.759. The average Bonchev–Trinajstić information content (AvgIpc) is 2.31. The van der Waals surface area contributed by atoms with Crippen LogP contribution in [0.5, 0.6) is 5.75 Å². The minimum atomic E-state index is -1.61. The summed E-state index contributed by atoms with van der Waals surface area (Å²) in [4.78, 5) is 21.3. The van der Waals surface area contributed by atoms with Crippen molar-refractivity contribution >= 4 is 17.6 Å². The van der Waals surface area contributed by atoms with Crippen molar-refractivity contribution in [1.82, 2.24) is 0 Å². The van der Waals surface area contributed by atoms with Gasteiger partial charge in [-0.1, -0.05) is 0 Å². The lowest BCUT2D eigenvalue weighted by molar-refractivity contribution is -0.147. The van der Waals surface area contributed by atoms with Gasteiger partial charge in [0.2, 0.25) is 0 Å². The number of ether oxygens (including phenoxy) is 1. The number of anilines is 1. The summed E-state index contributed by atoms with van der Waals surface area (Å²) in [6, 6.07) is 6.25. The molecule has 1 aromatic rings. The zero-order valence-corrected chi connectivity index (χ0v) is 9.06. The topological polar surface area (TPSA) is 99.4 Å². The van der Waals surface area contributed by atoms with Crippen LogP contribution in [0.2, 0.25) is 0 Å². The van der Waals surface area contributed by atoms with E-state index in [4.69, 9.17) is 15.1 Å². The minimum Gasteiger partial charge on any atom is -0.494 e. The maximum absolute atomic E-state index is 10.9. The second-order valence-corrected chi connectivity index (χ2v) is 3.01. The van der Waals surface area contributed by atoms with Crippen LogP contribution in [0.4, 0.5) is 5.69 Å². The number of benzene rings is 1. The van der Waals surface area contributed by atoms with Gasteiger partial charge in [0.1, 0.15) is 11.8 Å². The first kappa shape index (κ1) is 12.5. The Labute approximate surface area is 97.4 Å². The van der Waals surface area contributed by atoms with Gasteiger partial charge in [0, 0.05) is 0 Å². The van der Waals surface area contributed by atoms with Gasteiger partial charge < -0.3 is 15.2 Å². The normalized spacial score (nSPS) is 9.18. The van der Waals surface area contributed by atoms with Crippen LogP contribution < -0.4 is 10.1 Å². The molecule has 0 aromatic heterocycles. The highest BCUT2D eigenvalue weighted by Gasteiger charge is 2.13. The smallest absolute Gasteiger partial charge is 0.394 e. The molecule has 0 saturated carbocycles. The van der Waals surface area contributed by atoms with Crippen LogP contribution in [0.3, 0.4) is 0 Å². The van der Waals surface area contributed by atoms with Gasteiger partial charge in [0.25, 0.3) is 0 Å². The first-order valence-electron chi connectivity index (χ1n) is 4.79. The Hall–Kier alpha value is -2.55. The summed E-state index contributed by atoms with van der Waals surface area (Å²) in [6.45, 7) is 2.25. The standard InChI is InChI=1S/C11H10N2O4/c1-2-17-8-3-4-9(7(5-8)6-12)13-10(14)11(15)16/h3-5H,2H2,1H3,(H,13,14)(H,15,16). The third kappa shape index (κ3) is 3.21. The van der Waals surface area contributed by atoms with Crippen LogP contribution in [-0.2, 0) is 9.59 Å². The van der Waals surface area contributed by atoms with Crippen molar-refractivity contribution in [1.29, 1.82) is 5.26 Å². The van der Waals surface area contributed by atoms with E-state index < -0.39 is 11.9 Å². The fourth-order valence-electron chi connectivity index (χ4n) is 1.16. The number of hydrogen-bond donors (Lipinski definition) is 2. The molecule has 0 fully saturated rings. The first-order chi connectivity index (χ1) is 8.08. The van der Waals surface area contributed by atoms with Gasteiger partial charge in [-0.05, 0) is 25.1 Å². The molecule has 0 bridgehead atoms. The fourth-order valence-corrected chi connectivity index (χ4v) is 1.16. The lowest BCUT2D eigenvalue weighted by Gasteiger charge is -2.07. The van der Waals surface area contributed by atoms with Crippen LogP contribution in [0.1, 0.15) is 12.5 Å².